The minimum absolute atomic E-state index is 0.153. The normalized spacial score (nSPS) is 14.2. The number of pyridine rings is 1. The smallest absolute Gasteiger partial charge is 0.330 e. The molecule has 13 heavy (non-hydrogen) atoms. The van der Waals surface area contributed by atoms with Crippen molar-refractivity contribution in [3.8, 4) is 0 Å². The van der Waals surface area contributed by atoms with Crippen molar-refractivity contribution in [2.24, 2.45) is 0 Å². The highest BCUT2D eigenvalue weighted by Crippen LogP contribution is 2.35. The summed E-state index contributed by atoms with van der Waals surface area (Å²) < 4.78 is 21.1. The van der Waals surface area contributed by atoms with Crippen LogP contribution in [0.5, 0.6) is 0 Å². The summed E-state index contributed by atoms with van der Waals surface area (Å²) in [5.41, 5.74) is -0.794. The first-order valence-corrected chi connectivity index (χ1v) is 4.16. The molecule has 1 N–H and O–H groups in total. The zero-order chi connectivity index (χ0) is 12.5. The third-order valence-corrected chi connectivity index (χ3v) is 2.15. The lowest BCUT2D eigenvalue weighted by atomic mass is 10.3. The molecule has 0 aliphatic heterocycles. The Kier molecular flexibility index (Phi) is 1.96. The number of nitro groups is 1. The van der Waals surface area contributed by atoms with E-state index in [-0.39, 0.29) is 15.3 Å². The summed E-state index contributed by atoms with van der Waals surface area (Å²) in [6.07, 6.45) is 1.18. The fraction of sp³-hybridized carbons (Fsp3) is 0.167. The molecule has 1 aromatic heterocycles. The molecule has 0 radical (unpaired) electrons. The van der Waals surface area contributed by atoms with Crippen LogP contribution in [0, 0.1) is 10.1 Å². The number of nitrogens with zero attached hydrogens (tertiary/aromatic N) is 2. The van der Waals surface area contributed by atoms with Crippen molar-refractivity contribution in [3.05, 3.63) is 25.9 Å². The van der Waals surface area contributed by atoms with Gasteiger partial charge in [-0.2, -0.15) is 0 Å². The molecule has 0 bridgehead atoms. The van der Waals surface area contributed by atoms with Crippen LogP contribution in [0.2, 0.25) is 5.15 Å². The number of aromatic nitrogens is 1. The highest BCUT2D eigenvalue weighted by molar-refractivity contribution is 9.10. The van der Waals surface area contributed by atoms with Crippen molar-refractivity contribution in [3.63, 3.8) is 0 Å². The lowest BCUT2D eigenvalue weighted by molar-refractivity contribution is -0.384. The average molecular weight is 270 g/mol. The van der Waals surface area contributed by atoms with E-state index in [0.717, 1.165) is 0 Å². The van der Waals surface area contributed by atoms with E-state index < -0.39 is 17.6 Å². The molecular weight excluding hydrogens is 261 g/mol. The standard InChI is InChI=1S/C6H5BrClN3O2/c1-9-4-3(7)2-10-6(8)5(4)11(12)13/h2H,1H3,(H,9,10)/i1D3. The van der Waals surface area contributed by atoms with Crippen molar-refractivity contribution in [1.29, 1.82) is 0 Å². The van der Waals surface area contributed by atoms with Crippen molar-refractivity contribution >= 4 is 38.9 Å². The number of halogens is 2. The highest BCUT2D eigenvalue weighted by atomic mass is 79.9. The molecule has 0 saturated heterocycles. The van der Waals surface area contributed by atoms with Crippen molar-refractivity contribution < 1.29 is 9.04 Å². The van der Waals surface area contributed by atoms with Crippen LogP contribution in [0.1, 0.15) is 4.11 Å². The number of nitrogens with one attached hydrogen (secondary N) is 1. The van der Waals surface area contributed by atoms with E-state index in [4.69, 9.17) is 15.7 Å². The maximum absolute atomic E-state index is 10.7. The molecule has 0 fully saturated rings. The van der Waals surface area contributed by atoms with Crippen molar-refractivity contribution in [2.45, 2.75) is 0 Å². The summed E-state index contributed by atoms with van der Waals surface area (Å²) in [6, 6.07) is 0. The van der Waals surface area contributed by atoms with Gasteiger partial charge in [0.25, 0.3) is 0 Å². The SMILES string of the molecule is [2H]C([2H])([2H])Nc1c(Br)cnc(Cl)c1[N+](=O)[O-]. The Morgan fingerprint density at radius 2 is 2.62 bits per heavy atom. The van der Waals surface area contributed by atoms with Crippen LogP contribution in [0.25, 0.3) is 0 Å². The molecular formula is C6H5BrClN3O2. The highest BCUT2D eigenvalue weighted by Gasteiger charge is 2.21. The zero-order valence-electron chi connectivity index (χ0n) is 9.04. The third kappa shape index (κ3) is 1.89. The number of rotatable bonds is 2. The van der Waals surface area contributed by atoms with E-state index >= 15 is 0 Å². The molecule has 70 valence electrons. The summed E-state index contributed by atoms with van der Waals surface area (Å²) in [5.74, 6) is 0. The molecule has 0 aliphatic rings. The molecule has 0 amide bonds. The summed E-state index contributed by atoms with van der Waals surface area (Å²) in [4.78, 5) is 13.5. The molecule has 0 spiro atoms. The second-order valence-corrected chi connectivity index (χ2v) is 3.22. The number of hydrogen-bond donors (Lipinski definition) is 1. The van der Waals surface area contributed by atoms with Gasteiger partial charge in [0.15, 0.2) is 0 Å². The molecule has 0 aliphatic carbocycles. The molecule has 5 nitrogen and oxygen atoms in total. The average Bonchev–Trinajstić information content (AvgIpc) is 2.08. The first-order valence-electron chi connectivity index (χ1n) is 4.49. The minimum atomic E-state index is -2.56. The Bertz CT molecular complexity index is 440. The Balaban J connectivity index is 3.35. The molecule has 0 aromatic carbocycles. The van der Waals surface area contributed by atoms with Crippen LogP contribution >= 0.6 is 27.5 Å². The van der Waals surface area contributed by atoms with Crippen LogP contribution in [0.4, 0.5) is 11.4 Å². The molecule has 0 unspecified atom stereocenters. The van der Waals surface area contributed by atoms with Gasteiger partial charge in [0.2, 0.25) is 5.15 Å². The van der Waals surface area contributed by atoms with Crippen LogP contribution in [0.15, 0.2) is 10.7 Å². The lowest BCUT2D eigenvalue weighted by Crippen LogP contribution is -1.99. The Morgan fingerprint density at radius 3 is 3.15 bits per heavy atom. The number of hydrogen-bond acceptors (Lipinski definition) is 4. The van der Waals surface area contributed by atoms with E-state index in [1.165, 1.54) is 6.20 Å². The molecule has 1 aromatic rings. The fourth-order valence-corrected chi connectivity index (χ4v) is 1.34. The monoisotopic (exact) mass is 268 g/mol. The van der Waals surface area contributed by atoms with E-state index in [2.05, 4.69) is 20.9 Å². The molecule has 0 atom stereocenters. The molecule has 7 heteroatoms. The Labute approximate surface area is 91.6 Å². The number of anilines is 1. The maximum atomic E-state index is 10.7. The molecule has 0 saturated carbocycles. The van der Waals surface area contributed by atoms with Gasteiger partial charge in [0, 0.05) is 17.3 Å². The Morgan fingerprint density at radius 1 is 1.92 bits per heavy atom. The largest absolute Gasteiger partial charge is 0.381 e. The first-order chi connectivity index (χ1) is 7.22. The van der Waals surface area contributed by atoms with Gasteiger partial charge >= 0.3 is 5.69 Å². The van der Waals surface area contributed by atoms with E-state index in [0.29, 0.717) is 0 Å². The van der Waals surface area contributed by atoms with Crippen LogP contribution in [-0.4, -0.2) is 16.9 Å². The van der Waals surface area contributed by atoms with Crippen LogP contribution in [0.3, 0.4) is 0 Å². The summed E-state index contributed by atoms with van der Waals surface area (Å²) in [7, 11) is 0. The maximum Gasteiger partial charge on any atom is 0.330 e. The third-order valence-electron chi connectivity index (χ3n) is 1.27. The molecule has 1 rings (SSSR count). The second kappa shape index (κ2) is 3.89. The van der Waals surface area contributed by atoms with Gasteiger partial charge in [0.1, 0.15) is 5.69 Å². The van der Waals surface area contributed by atoms with Crippen molar-refractivity contribution in [2.75, 3.05) is 12.3 Å². The van der Waals surface area contributed by atoms with Gasteiger partial charge in [-0.05, 0) is 15.9 Å². The second-order valence-electron chi connectivity index (χ2n) is 2.00. The van der Waals surface area contributed by atoms with Gasteiger partial charge in [0.05, 0.1) is 9.40 Å². The van der Waals surface area contributed by atoms with Gasteiger partial charge in [-0.1, -0.05) is 11.6 Å². The van der Waals surface area contributed by atoms with Gasteiger partial charge < -0.3 is 5.32 Å². The predicted octanol–water partition coefficient (Wildman–Crippen LogP) is 2.45. The lowest BCUT2D eigenvalue weighted by Gasteiger charge is -2.04. The fourth-order valence-electron chi connectivity index (χ4n) is 0.741. The van der Waals surface area contributed by atoms with Gasteiger partial charge in [-0.15, -0.1) is 0 Å². The quantitative estimate of drug-likeness (QED) is 0.509. The van der Waals surface area contributed by atoms with Crippen LogP contribution in [-0.2, 0) is 0 Å². The van der Waals surface area contributed by atoms with Gasteiger partial charge in [-0.3, -0.25) is 10.1 Å². The summed E-state index contributed by atoms with van der Waals surface area (Å²) in [6.45, 7) is -2.56. The summed E-state index contributed by atoms with van der Waals surface area (Å²) in [5, 5.41) is 12.4. The van der Waals surface area contributed by atoms with Crippen molar-refractivity contribution in [1.82, 2.24) is 4.98 Å². The summed E-state index contributed by atoms with van der Waals surface area (Å²) >= 11 is 8.49. The van der Waals surface area contributed by atoms with Gasteiger partial charge in [-0.25, -0.2) is 4.98 Å². The van der Waals surface area contributed by atoms with E-state index in [1.807, 2.05) is 5.32 Å². The minimum Gasteiger partial charge on any atom is -0.381 e. The topological polar surface area (TPSA) is 68.1 Å². The first kappa shape index (κ1) is 6.56. The molecule has 1 heterocycles. The van der Waals surface area contributed by atoms with E-state index in [9.17, 15) is 10.1 Å². The zero-order valence-corrected chi connectivity index (χ0v) is 8.39. The predicted molar refractivity (Wildman–Crippen MR) is 53.1 cm³/mol. The van der Waals surface area contributed by atoms with Crippen LogP contribution < -0.4 is 5.32 Å². The Hall–Kier alpha value is -0.880. The van der Waals surface area contributed by atoms with E-state index in [1.54, 1.807) is 0 Å².